The number of aromatic nitrogens is 2. The summed E-state index contributed by atoms with van der Waals surface area (Å²) in [6.45, 7) is 3.91. The fourth-order valence-corrected chi connectivity index (χ4v) is 2.77. The van der Waals surface area contributed by atoms with Gasteiger partial charge in [0.2, 0.25) is 0 Å². The largest absolute Gasteiger partial charge is 0.367 e. The molecule has 1 aliphatic carbocycles. The Morgan fingerprint density at radius 2 is 2.11 bits per heavy atom. The molecule has 3 rings (SSSR count). The number of nitrogens with one attached hydrogen (secondary N) is 1. The lowest BCUT2D eigenvalue weighted by Gasteiger charge is -2.32. The summed E-state index contributed by atoms with van der Waals surface area (Å²) in [5.74, 6) is 2.81. The predicted octanol–water partition coefficient (Wildman–Crippen LogP) is 1.68. The van der Waals surface area contributed by atoms with Gasteiger partial charge >= 0.3 is 0 Å². The van der Waals surface area contributed by atoms with Crippen LogP contribution in [0.1, 0.15) is 37.9 Å². The average Bonchev–Trinajstić information content (AvgIpc) is 2.33. The van der Waals surface area contributed by atoms with Gasteiger partial charge in [0.1, 0.15) is 17.5 Å². The molecule has 3 N–H and O–H groups in total. The third kappa shape index (κ3) is 2.97. The lowest BCUT2D eigenvalue weighted by Crippen LogP contribution is -2.43. The fourth-order valence-electron chi connectivity index (χ4n) is 2.77. The highest BCUT2D eigenvalue weighted by atomic mass is 15.2. The maximum absolute atomic E-state index is 6.05. The molecule has 1 saturated carbocycles. The van der Waals surface area contributed by atoms with Gasteiger partial charge in [-0.2, -0.15) is 0 Å². The second-order valence-corrected chi connectivity index (χ2v) is 5.78. The molecule has 0 bridgehead atoms. The SMILES string of the molecule is Cc1nc(NC2CCC2)cc(N2CCCC(N)C2)n1. The van der Waals surface area contributed by atoms with Crippen LogP contribution < -0.4 is 16.0 Å². The molecular weight excluding hydrogens is 238 g/mol. The van der Waals surface area contributed by atoms with E-state index in [1.54, 1.807) is 0 Å². The summed E-state index contributed by atoms with van der Waals surface area (Å²) in [4.78, 5) is 11.3. The van der Waals surface area contributed by atoms with Gasteiger partial charge in [-0.15, -0.1) is 0 Å². The lowest BCUT2D eigenvalue weighted by molar-refractivity contribution is 0.444. The molecule has 5 heteroatoms. The summed E-state index contributed by atoms with van der Waals surface area (Å²) in [7, 11) is 0. The van der Waals surface area contributed by atoms with Gasteiger partial charge in [0.05, 0.1) is 0 Å². The van der Waals surface area contributed by atoms with Gasteiger partial charge in [0.25, 0.3) is 0 Å². The molecule has 104 valence electrons. The Bertz CT molecular complexity index is 443. The Balaban J connectivity index is 1.76. The Labute approximate surface area is 114 Å². The molecule has 19 heavy (non-hydrogen) atoms. The molecule has 2 fully saturated rings. The Hall–Kier alpha value is -1.36. The molecule has 5 nitrogen and oxygen atoms in total. The summed E-state index contributed by atoms with van der Waals surface area (Å²) in [5, 5.41) is 3.50. The molecule has 0 aromatic carbocycles. The Morgan fingerprint density at radius 3 is 2.79 bits per heavy atom. The van der Waals surface area contributed by atoms with Crippen molar-refractivity contribution in [2.75, 3.05) is 23.3 Å². The van der Waals surface area contributed by atoms with Gasteiger partial charge in [-0.3, -0.25) is 0 Å². The summed E-state index contributed by atoms with van der Waals surface area (Å²) in [6, 6.07) is 2.95. The maximum Gasteiger partial charge on any atom is 0.134 e. The predicted molar refractivity (Wildman–Crippen MR) is 77.5 cm³/mol. The van der Waals surface area contributed by atoms with Crippen LogP contribution in [-0.4, -0.2) is 35.1 Å². The van der Waals surface area contributed by atoms with Gasteiger partial charge < -0.3 is 16.0 Å². The van der Waals surface area contributed by atoms with E-state index in [-0.39, 0.29) is 6.04 Å². The normalized spacial score (nSPS) is 24.1. The van der Waals surface area contributed by atoms with Crippen LogP contribution in [0.25, 0.3) is 0 Å². The van der Waals surface area contributed by atoms with Crippen molar-refractivity contribution in [1.82, 2.24) is 9.97 Å². The van der Waals surface area contributed by atoms with Gasteiger partial charge in [-0.05, 0) is 39.0 Å². The van der Waals surface area contributed by atoms with Gasteiger partial charge in [-0.25, -0.2) is 9.97 Å². The van der Waals surface area contributed by atoms with Gasteiger partial charge in [0, 0.05) is 31.2 Å². The molecule has 1 atom stereocenters. The maximum atomic E-state index is 6.05. The van der Waals surface area contributed by atoms with Crippen LogP contribution in [0.15, 0.2) is 6.07 Å². The van der Waals surface area contributed by atoms with E-state index in [2.05, 4.69) is 26.3 Å². The van der Waals surface area contributed by atoms with Crippen LogP contribution in [-0.2, 0) is 0 Å². The van der Waals surface area contributed by atoms with Crippen molar-refractivity contribution in [1.29, 1.82) is 0 Å². The Kier molecular flexibility index (Phi) is 3.55. The zero-order valence-corrected chi connectivity index (χ0v) is 11.6. The first-order chi connectivity index (χ1) is 9.20. The number of hydrogen-bond donors (Lipinski definition) is 2. The first-order valence-electron chi connectivity index (χ1n) is 7.33. The van der Waals surface area contributed by atoms with Crippen LogP contribution in [0.5, 0.6) is 0 Å². The second-order valence-electron chi connectivity index (χ2n) is 5.78. The van der Waals surface area contributed by atoms with Crippen LogP contribution >= 0.6 is 0 Å². The van der Waals surface area contributed by atoms with E-state index in [1.807, 2.05) is 6.92 Å². The van der Waals surface area contributed by atoms with Crippen LogP contribution in [0.3, 0.4) is 0 Å². The number of nitrogens with zero attached hydrogens (tertiary/aromatic N) is 3. The molecule has 1 aliphatic heterocycles. The minimum atomic E-state index is 0.270. The van der Waals surface area contributed by atoms with Crippen molar-refractivity contribution in [2.24, 2.45) is 5.73 Å². The van der Waals surface area contributed by atoms with Gasteiger partial charge in [0.15, 0.2) is 0 Å². The number of rotatable bonds is 3. The van der Waals surface area contributed by atoms with E-state index in [0.29, 0.717) is 6.04 Å². The molecule has 0 spiro atoms. The molecular formula is C14H23N5. The first kappa shape index (κ1) is 12.7. The summed E-state index contributed by atoms with van der Waals surface area (Å²) in [6.07, 6.45) is 6.11. The first-order valence-corrected chi connectivity index (χ1v) is 7.33. The Morgan fingerprint density at radius 1 is 1.26 bits per heavy atom. The van der Waals surface area contributed by atoms with E-state index in [9.17, 15) is 0 Å². The minimum absolute atomic E-state index is 0.270. The zero-order chi connectivity index (χ0) is 13.2. The summed E-state index contributed by atoms with van der Waals surface area (Å²) in [5.41, 5.74) is 6.05. The van der Waals surface area contributed by atoms with Crippen LogP contribution in [0, 0.1) is 6.92 Å². The van der Waals surface area contributed by atoms with E-state index >= 15 is 0 Å². The quantitative estimate of drug-likeness (QED) is 0.866. The van der Waals surface area contributed by atoms with E-state index in [4.69, 9.17) is 5.73 Å². The molecule has 2 heterocycles. The summed E-state index contributed by atoms with van der Waals surface area (Å²) < 4.78 is 0. The standard InChI is InChI=1S/C14H23N5/c1-10-16-13(18-12-5-2-6-12)8-14(17-10)19-7-3-4-11(15)9-19/h8,11-12H,2-7,9,15H2,1H3,(H,16,17,18). The molecule has 0 radical (unpaired) electrons. The van der Waals surface area contributed by atoms with Crippen molar-refractivity contribution in [3.8, 4) is 0 Å². The van der Waals surface area contributed by atoms with Gasteiger partial charge in [-0.1, -0.05) is 0 Å². The highest BCUT2D eigenvalue weighted by Gasteiger charge is 2.21. The molecule has 0 amide bonds. The third-order valence-electron chi connectivity index (χ3n) is 4.06. The number of hydrogen-bond acceptors (Lipinski definition) is 5. The second kappa shape index (κ2) is 5.33. The highest BCUT2D eigenvalue weighted by Crippen LogP contribution is 2.25. The number of nitrogens with two attached hydrogens (primary N) is 1. The number of aryl methyl sites for hydroxylation is 1. The summed E-state index contributed by atoms with van der Waals surface area (Å²) >= 11 is 0. The van der Waals surface area contributed by atoms with Crippen LogP contribution in [0.2, 0.25) is 0 Å². The smallest absolute Gasteiger partial charge is 0.134 e. The van der Waals surface area contributed by atoms with Crippen molar-refractivity contribution >= 4 is 11.6 Å². The minimum Gasteiger partial charge on any atom is -0.367 e. The average molecular weight is 261 g/mol. The molecule has 1 aromatic heterocycles. The van der Waals surface area contributed by atoms with Crippen molar-refractivity contribution in [2.45, 2.75) is 51.1 Å². The van der Waals surface area contributed by atoms with E-state index < -0.39 is 0 Å². The number of piperidine rings is 1. The topological polar surface area (TPSA) is 67.1 Å². The van der Waals surface area contributed by atoms with Crippen molar-refractivity contribution < 1.29 is 0 Å². The molecule has 1 unspecified atom stereocenters. The van der Waals surface area contributed by atoms with E-state index in [0.717, 1.165) is 43.4 Å². The monoisotopic (exact) mass is 261 g/mol. The van der Waals surface area contributed by atoms with Crippen molar-refractivity contribution in [3.05, 3.63) is 11.9 Å². The highest BCUT2D eigenvalue weighted by molar-refractivity contribution is 5.50. The zero-order valence-electron chi connectivity index (χ0n) is 11.6. The molecule has 2 aliphatic rings. The van der Waals surface area contributed by atoms with E-state index in [1.165, 1.54) is 19.3 Å². The lowest BCUT2D eigenvalue weighted by atomic mass is 9.93. The van der Waals surface area contributed by atoms with Crippen molar-refractivity contribution in [3.63, 3.8) is 0 Å². The number of anilines is 2. The molecule has 1 saturated heterocycles. The fraction of sp³-hybridized carbons (Fsp3) is 0.714. The third-order valence-corrected chi connectivity index (χ3v) is 4.06. The molecule has 1 aromatic rings. The van der Waals surface area contributed by atoms with Crippen LogP contribution in [0.4, 0.5) is 11.6 Å².